The molecule has 0 bridgehead atoms. The van der Waals surface area contributed by atoms with Gasteiger partial charge in [-0.3, -0.25) is 9.10 Å². The lowest BCUT2D eigenvalue weighted by atomic mass is 10.1. The summed E-state index contributed by atoms with van der Waals surface area (Å²) >= 11 is 0. The normalized spacial score (nSPS) is 12.8. The molecule has 0 spiro atoms. The highest BCUT2D eigenvalue weighted by Crippen LogP contribution is 2.31. The molecule has 8 heteroatoms. The van der Waals surface area contributed by atoms with Crippen LogP contribution in [-0.2, 0) is 27.8 Å². The summed E-state index contributed by atoms with van der Waals surface area (Å²) in [4.78, 5) is 24.9. The molecule has 1 heterocycles. The number of esters is 1. The minimum absolute atomic E-state index is 0.0171. The van der Waals surface area contributed by atoms with E-state index >= 15 is 0 Å². The number of sulfonamides is 1. The largest absolute Gasteiger partial charge is 0.489 e. The summed E-state index contributed by atoms with van der Waals surface area (Å²) in [7, 11) is -3.35. The summed E-state index contributed by atoms with van der Waals surface area (Å²) in [6.07, 6.45) is 0.536. The fourth-order valence-corrected chi connectivity index (χ4v) is 4.87. The summed E-state index contributed by atoms with van der Waals surface area (Å²) in [6.45, 7) is 1.98. The number of anilines is 1. The first-order valence-corrected chi connectivity index (χ1v) is 12.6. The highest BCUT2D eigenvalue weighted by molar-refractivity contribution is 7.92. The zero-order chi connectivity index (χ0) is 24.1. The van der Waals surface area contributed by atoms with Crippen LogP contribution in [0.15, 0.2) is 72.8 Å². The predicted octanol–water partition coefficient (Wildman–Crippen LogP) is 4.02. The van der Waals surface area contributed by atoms with Crippen LogP contribution in [0.3, 0.4) is 0 Å². The smallest absolute Gasteiger partial charge is 0.338 e. The molecule has 0 aromatic heterocycles. The third-order valence-electron chi connectivity index (χ3n) is 5.63. The maximum absolute atomic E-state index is 12.6. The quantitative estimate of drug-likeness (QED) is 0.340. The second-order valence-corrected chi connectivity index (χ2v) is 10.0. The number of ether oxygens (including phenoxy) is 2. The van der Waals surface area contributed by atoms with Crippen LogP contribution in [0.4, 0.5) is 5.69 Å². The van der Waals surface area contributed by atoms with Crippen LogP contribution in [0.1, 0.15) is 38.8 Å². The third-order valence-corrected chi connectivity index (χ3v) is 7.41. The summed E-state index contributed by atoms with van der Waals surface area (Å²) in [5.74, 6) is -0.322. The molecule has 7 nitrogen and oxygen atoms in total. The van der Waals surface area contributed by atoms with E-state index in [1.165, 1.54) is 4.31 Å². The van der Waals surface area contributed by atoms with Gasteiger partial charge in [-0.25, -0.2) is 13.2 Å². The van der Waals surface area contributed by atoms with Gasteiger partial charge in [-0.2, -0.15) is 0 Å². The van der Waals surface area contributed by atoms with E-state index in [0.29, 0.717) is 42.1 Å². The van der Waals surface area contributed by atoms with E-state index in [2.05, 4.69) is 0 Å². The second-order valence-electron chi connectivity index (χ2n) is 7.86. The van der Waals surface area contributed by atoms with Gasteiger partial charge < -0.3 is 9.47 Å². The second kappa shape index (κ2) is 10.1. The number of benzene rings is 3. The standard InChI is InChI=1S/C26H25NO6S/c1-2-34(30,31)27-15-14-21-16-22(10-13-24(21)27)25(28)18-33-26(29)20-8-11-23(12-9-20)32-17-19-6-4-3-5-7-19/h3-13,16H,2,14-15,17-18H2,1H3. The number of Topliss-reactive ketones (excluding diaryl/α,β-unsaturated/α-hetero) is 1. The van der Waals surface area contributed by atoms with Crippen molar-refractivity contribution in [1.82, 2.24) is 0 Å². The number of carbonyl (C=O) groups excluding carboxylic acids is 2. The van der Waals surface area contributed by atoms with Gasteiger partial charge in [0.15, 0.2) is 12.4 Å². The van der Waals surface area contributed by atoms with Gasteiger partial charge in [-0.15, -0.1) is 0 Å². The minimum atomic E-state index is -3.35. The van der Waals surface area contributed by atoms with Gasteiger partial charge in [-0.1, -0.05) is 30.3 Å². The Morgan fingerprint density at radius 3 is 2.35 bits per heavy atom. The lowest BCUT2D eigenvalue weighted by Crippen LogP contribution is -2.30. The van der Waals surface area contributed by atoms with Crippen molar-refractivity contribution in [1.29, 1.82) is 0 Å². The molecule has 4 rings (SSSR count). The van der Waals surface area contributed by atoms with Gasteiger partial charge in [0.2, 0.25) is 10.0 Å². The Labute approximate surface area is 199 Å². The number of fused-ring (bicyclic) bond motifs is 1. The molecule has 0 fully saturated rings. The van der Waals surface area contributed by atoms with Gasteiger partial charge in [0.25, 0.3) is 0 Å². The first kappa shape index (κ1) is 23.5. The molecular weight excluding hydrogens is 454 g/mol. The monoisotopic (exact) mass is 479 g/mol. The van der Waals surface area contributed by atoms with Gasteiger partial charge in [0.1, 0.15) is 12.4 Å². The van der Waals surface area contributed by atoms with Crippen molar-refractivity contribution in [3.63, 3.8) is 0 Å². The number of ketones is 1. The van der Waals surface area contributed by atoms with Crippen molar-refractivity contribution in [2.24, 2.45) is 0 Å². The van der Waals surface area contributed by atoms with Crippen molar-refractivity contribution in [3.8, 4) is 5.75 Å². The van der Waals surface area contributed by atoms with Crippen LogP contribution >= 0.6 is 0 Å². The maximum Gasteiger partial charge on any atom is 0.338 e. The zero-order valence-electron chi connectivity index (χ0n) is 18.8. The van der Waals surface area contributed by atoms with Crippen molar-refractivity contribution in [2.45, 2.75) is 20.0 Å². The Bertz CT molecular complexity index is 1290. The fraction of sp³-hybridized carbons (Fsp3) is 0.231. The van der Waals surface area contributed by atoms with Gasteiger partial charge >= 0.3 is 5.97 Å². The Balaban J connectivity index is 1.32. The molecule has 0 saturated carbocycles. The first-order chi connectivity index (χ1) is 16.4. The first-order valence-electron chi connectivity index (χ1n) is 11.0. The van der Waals surface area contributed by atoms with E-state index in [1.807, 2.05) is 30.3 Å². The minimum Gasteiger partial charge on any atom is -0.489 e. The molecule has 3 aromatic carbocycles. The topological polar surface area (TPSA) is 90.0 Å². The molecular formula is C26H25NO6S. The van der Waals surface area contributed by atoms with E-state index in [0.717, 1.165) is 11.1 Å². The van der Waals surface area contributed by atoms with Crippen LogP contribution in [0, 0.1) is 0 Å². The molecule has 0 radical (unpaired) electrons. The van der Waals surface area contributed by atoms with Gasteiger partial charge in [0, 0.05) is 12.1 Å². The number of carbonyl (C=O) groups is 2. The molecule has 0 atom stereocenters. The number of rotatable bonds is 9. The molecule has 0 saturated heterocycles. The van der Waals surface area contributed by atoms with Crippen LogP contribution < -0.4 is 9.04 Å². The Hall–Kier alpha value is -3.65. The molecule has 0 N–H and O–H groups in total. The van der Waals surface area contributed by atoms with E-state index in [-0.39, 0.29) is 11.5 Å². The number of hydrogen-bond acceptors (Lipinski definition) is 6. The van der Waals surface area contributed by atoms with Gasteiger partial charge in [-0.05, 0) is 66.9 Å². The number of hydrogen-bond donors (Lipinski definition) is 0. The molecule has 0 aliphatic carbocycles. The fourth-order valence-electron chi connectivity index (χ4n) is 3.72. The van der Waals surface area contributed by atoms with E-state index in [9.17, 15) is 18.0 Å². The van der Waals surface area contributed by atoms with Crippen LogP contribution in [0.2, 0.25) is 0 Å². The SMILES string of the molecule is CCS(=O)(=O)N1CCc2cc(C(=O)COC(=O)c3ccc(OCc4ccccc4)cc3)ccc21. The maximum atomic E-state index is 12.6. The lowest BCUT2D eigenvalue weighted by molar-refractivity contribution is 0.0474. The molecule has 0 amide bonds. The molecule has 176 valence electrons. The lowest BCUT2D eigenvalue weighted by Gasteiger charge is -2.18. The highest BCUT2D eigenvalue weighted by Gasteiger charge is 2.28. The Morgan fingerprint density at radius 1 is 0.941 bits per heavy atom. The average molecular weight is 480 g/mol. The average Bonchev–Trinajstić information content (AvgIpc) is 3.31. The van der Waals surface area contributed by atoms with E-state index in [4.69, 9.17) is 9.47 Å². The summed E-state index contributed by atoms with van der Waals surface area (Å²) < 4.78 is 36.7. The number of nitrogens with zero attached hydrogens (tertiary/aromatic N) is 1. The highest BCUT2D eigenvalue weighted by atomic mass is 32.2. The Kier molecular flexibility index (Phi) is 6.98. The third kappa shape index (κ3) is 5.28. The van der Waals surface area contributed by atoms with Crippen LogP contribution in [0.5, 0.6) is 5.75 Å². The zero-order valence-corrected chi connectivity index (χ0v) is 19.6. The molecule has 3 aromatic rings. The summed E-state index contributed by atoms with van der Waals surface area (Å²) in [6, 6.07) is 21.2. The van der Waals surface area contributed by atoms with Gasteiger partial charge in [0.05, 0.1) is 17.0 Å². The Morgan fingerprint density at radius 2 is 1.65 bits per heavy atom. The molecule has 1 aliphatic heterocycles. The van der Waals surface area contributed by atoms with Crippen molar-refractivity contribution in [2.75, 3.05) is 23.2 Å². The van der Waals surface area contributed by atoms with Crippen LogP contribution in [0.25, 0.3) is 0 Å². The van der Waals surface area contributed by atoms with Crippen LogP contribution in [-0.4, -0.2) is 39.1 Å². The van der Waals surface area contributed by atoms with Crippen molar-refractivity contribution in [3.05, 3.63) is 95.1 Å². The van der Waals surface area contributed by atoms with E-state index < -0.39 is 22.6 Å². The van der Waals surface area contributed by atoms with E-state index in [1.54, 1.807) is 49.4 Å². The molecule has 1 aliphatic rings. The van der Waals surface area contributed by atoms with Crippen molar-refractivity contribution < 1.29 is 27.5 Å². The predicted molar refractivity (Wildman–Crippen MR) is 129 cm³/mol. The summed E-state index contributed by atoms with van der Waals surface area (Å²) in [5.41, 5.74) is 3.13. The van der Waals surface area contributed by atoms with Crippen molar-refractivity contribution >= 4 is 27.5 Å². The summed E-state index contributed by atoms with van der Waals surface area (Å²) in [5, 5.41) is 0. The molecule has 0 unspecified atom stereocenters. The molecule has 34 heavy (non-hydrogen) atoms.